The Hall–Kier alpha value is -2.98. The summed E-state index contributed by atoms with van der Waals surface area (Å²) >= 11 is 0. The van der Waals surface area contributed by atoms with Crippen molar-refractivity contribution in [2.45, 2.75) is 44.1 Å². The lowest BCUT2D eigenvalue weighted by Gasteiger charge is -2.37. The zero-order valence-electron chi connectivity index (χ0n) is 20.3. The highest BCUT2D eigenvalue weighted by Crippen LogP contribution is 2.24. The van der Waals surface area contributed by atoms with Crippen molar-refractivity contribution in [2.75, 3.05) is 33.3 Å². The van der Waals surface area contributed by atoms with Gasteiger partial charge in [-0.2, -0.15) is 0 Å². The average Bonchev–Trinajstić information content (AvgIpc) is 2.86. The van der Waals surface area contributed by atoms with E-state index >= 15 is 0 Å². The van der Waals surface area contributed by atoms with E-state index in [0.29, 0.717) is 37.3 Å². The molecule has 1 aromatic carbocycles. The van der Waals surface area contributed by atoms with Crippen LogP contribution < -0.4 is 5.32 Å². The number of likely N-dealkylation sites (tertiary alicyclic amines) is 2. The van der Waals surface area contributed by atoms with Gasteiger partial charge in [0.1, 0.15) is 23.9 Å². The molecule has 2 amide bonds. The van der Waals surface area contributed by atoms with Gasteiger partial charge in [-0.15, -0.1) is 0 Å². The summed E-state index contributed by atoms with van der Waals surface area (Å²) < 4.78 is 47.5. The molecule has 7 nitrogen and oxygen atoms in total. The number of benzene rings is 1. The van der Waals surface area contributed by atoms with Crippen LogP contribution in [0.25, 0.3) is 0 Å². The van der Waals surface area contributed by atoms with E-state index in [9.17, 15) is 18.0 Å². The summed E-state index contributed by atoms with van der Waals surface area (Å²) in [4.78, 5) is 16.6. The summed E-state index contributed by atoms with van der Waals surface area (Å²) in [5.41, 5.74) is 0.884. The minimum atomic E-state index is -1.38. The molecule has 10 heteroatoms. The maximum Gasteiger partial charge on any atom is 0.317 e. The minimum Gasteiger partial charge on any atom is -0.374 e. The molecule has 0 spiro atoms. The van der Waals surface area contributed by atoms with E-state index in [1.807, 2.05) is 4.90 Å². The average molecular weight is 504 g/mol. The van der Waals surface area contributed by atoms with Gasteiger partial charge < -0.3 is 25.8 Å². The second kappa shape index (κ2) is 11.4. The third-order valence-electron chi connectivity index (χ3n) is 7.09. The van der Waals surface area contributed by atoms with E-state index in [0.717, 1.165) is 12.8 Å². The van der Waals surface area contributed by atoms with Crippen molar-refractivity contribution in [1.82, 2.24) is 15.1 Å². The standard InChI is InChI=1S/C26H32F3N5O2/c1-36-24-8-7-16(12-22(24)29)25(31)19-15-34(11-9-23(19)30)26(35)32-17-4-3-10-33(13-17)14-18-20(27)5-2-6-21(18)28/h2,5-8,12,17,19,22,24,30-31H,3-4,9-11,13-15H2,1H3,(H,32,35). The van der Waals surface area contributed by atoms with Crippen LogP contribution >= 0.6 is 0 Å². The number of allylic oxidation sites excluding steroid dienone is 2. The first-order valence-corrected chi connectivity index (χ1v) is 12.2. The number of carbonyl (C=O) groups excluding carboxylic acids is 1. The molecule has 1 aromatic rings. The van der Waals surface area contributed by atoms with Crippen LogP contribution in [0.3, 0.4) is 0 Å². The topological polar surface area (TPSA) is 92.5 Å². The monoisotopic (exact) mass is 503 g/mol. The van der Waals surface area contributed by atoms with E-state index in [1.165, 1.54) is 31.4 Å². The summed E-state index contributed by atoms with van der Waals surface area (Å²) in [6.45, 7) is 1.81. The van der Waals surface area contributed by atoms with E-state index in [1.54, 1.807) is 17.1 Å². The van der Waals surface area contributed by atoms with Crippen LogP contribution in [0.2, 0.25) is 0 Å². The second-order valence-corrected chi connectivity index (χ2v) is 9.54. The second-order valence-electron chi connectivity index (χ2n) is 9.54. The quantitative estimate of drug-likeness (QED) is 0.515. The predicted octanol–water partition coefficient (Wildman–Crippen LogP) is 3.85. The smallest absolute Gasteiger partial charge is 0.317 e. The van der Waals surface area contributed by atoms with Crippen LogP contribution in [0, 0.1) is 28.4 Å². The number of carbonyl (C=O) groups is 1. The molecule has 0 aromatic heterocycles. The highest BCUT2D eigenvalue weighted by molar-refractivity contribution is 6.15. The molecule has 36 heavy (non-hydrogen) atoms. The fraction of sp³-hybridized carbons (Fsp3) is 0.500. The number of hydrogen-bond acceptors (Lipinski definition) is 5. The van der Waals surface area contributed by atoms with E-state index < -0.39 is 29.8 Å². The van der Waals surface area contributed by atoms with Gasteiger partial charge >= 0.3 is 6.03 Å². The summed E-state index contributed by atoms with van der Waals surface area (Å²) in [6, 6.07) is 3.35. The number of ether oxygens (including phenoxy) is 1. The highest BCUT2D eigenvalue weighted by atomic mass is 19.1. The number of piperidine rings is 2. The van der Waals surface area contributed by atoms with Gasteiger partial charge in [-0.05, 0) is 43.2 Å². The number of urea groups is 1. The van der Waals surface area contributed by atoms with Gasteiger partial charge in [0, 0.05) is 62.7 Å². The largest absolute Gasteiger partial charge is 0.374 e. The lowest BCUT2D eigenvalue weighted by molar-refractivity contribution is 0.0854. The van der Waals surface area contributed by atoms with Crippen LogP contribution in [0.5, 0.6) is 0 Å². The number of halogens is 3. The molecule has 4 unspecified atom stereocenters. The maximum absolute atomic E-state index is 14.3. The zero-order chi connectivity index (χ0) is 25.8. The van der Waals surface area contributed by atoms with Gasteiger partial charge in [0.2, 0.25) is 0 Å². The number of amides is 2. The highest BCUT2D eigenvalue weighted by Gasteiger charge is 2.34. The van der Waals surface area contributed by atoms with Crippen molar-refractivity contribution in [2.24, 2.45) is 5.92 Å². The first-order chi connectivity index (χ1) is 17.3. The molecule has 0 radical (unpaired) electrons. The van der Waals surface area contributed by atoms with E-state index in [-0.39, 0.29) is 36.4 Å². The van der Waals surface area contributed by atoms with Gasteiger partial charge in [-0.25, -0.2) is 18.0 Å². The lowest BCUT2D eigenvalue weighted by atomic mass is 9.85. The molecular weight excluding hydrogens is 471 g/mol. The molecule has 0 bridgehead atoms. The first-order valence-electron chi connectivity index (χ1n) is 12.2. The summed E-state index contributed by atoms with van der Waals surface area (Å²) in [5.74, 6) is -1.77. The molecule has 0 saturated carbocycles. The maximum atomic E-state index is 14.3. The fourth-order valence-electron chi connectivity index (χ4n) is 5.01. The number of methoxy groups -OCH3 is 1. The first kappa shape index (κ1) is 26.1. The molecule has 4 rings (SSSR count). The van der Waals surface area contributed by atoms with Gasteiger partial charge in [-0.3, -0.25) is 4.90 Å². The Morgan fingerprint density at radius 3 is 2.67 bits per heavy atom. The minimum absolute atomic E-state index is 0.0266. The lowest BCUT2D eigenvalue weighted by Crippen LogP contribution is -2.55. The Kier molecular flexibility index (Phi) is 8.25. The van der Waals surface area contributed by atoms with Crippen molar-refractivity contribution >= 4 is 17.5 Å². The molecular formula is C26H32F3N5O2. The molecule has 1 aliphatic carbocycles. The number of rotatable bonds is 6. The molecule has 3 aliphatic rings. The Bertz CT molecular complexity index is 1060. The third kappa shape index (κ3) is 5.87. The Morgan fingerprint density at radius 1 is 1.22 bits per heavy atom. The van der Waals surface area contributed by atoms with Gasteiger partial charge in [0.25, 0.3) is 0 Å². The summed E-state index contributed by atoms with van der Waals surface area (Å²) in [5, 5.41) is 19.9. The Morgan fingerprint density at radius 2 is 1.97 bits per heavy atom. The van der Waals surface area contributed by atoms with Crippen molar-refractivity contribution in [1.29, 1.82) is 10.8 Å². The SMILES string of the molecule is COC1C=CC(C(=N)C2CN(C(=O)NC3CCCN(Cc4c(F)cccc4F)C3)CCC2=N)=CC1F. The Balaban J connectivity index is 1.35. The number of hydrogen-bond donors (Lipinski definition) is 3. The van der Waals surface area contributed by atoms with Crippen LogP contribution in [-0.4, -0.2) is 78.9 Å². The van der Waals surface area contributed by atoms with Gasteiger partial charge in [-0.1, -0.05) is 18.2 Å². The third-order valence-corrected chi connectivity index (χ3v) is 7.09. The van der Waals surface area contributed by atoms with Gasteiger partial charge in [0.05, 0.1) is 5.92 Å². The summed E-state index contributed by atoms with van der Waals surface area (Å²) in [6.07, 6.45) is 4.33. The van der Waals surface area contributed by atoms with Crippen LogP contribution in [0.4, 0.5) is 18.0 Å². The summed E-state index contributed by atoms with van der Waals surface area (Å²) in [7, 11) is 1.42. The number of alkyl halides is 1. The van der Waals surface area contributed by atoms with E-state index in [4.69, 9.17) is 15.6 Å². The fourth-order valence-corrected chi connectivity index (χ4v) is 5.01. The van der Waals surface area contributed by atoms with E-state index in [2.05, 4.69) is 5.32 Å². The predicted molar refractivity (Wildman–Crippen MR) is 131 cm³/mol. The van der Waals surface area contributed by atoms with Crippen molar-refractivity contribution in [3.05, 3.63) is 59.2 Å². The van der Waals surface area contributed by atoms with Crippen molar-refractivity contribution < 1.29 is 22.7 Å². The van der Waals surface area contributed by atoms with Crippen LogP contribution in [-0.2, 0) is 11.3 Å². The molecule has 4 atom stereocenters. The van der Waals surface area contributed by atoms with Crippen molar-refractivity contribution in [3.63, 3.8) is 0 Å². The zero-order valence-corrected chi connectivity index (χ0v) is 20.3. The van der Waals surface area contributed by atoms with Gasteiger partial charge in [0.15, 0.2) is 0 Å². The molecule has 2 fully saturated rings. The van der Waals surface area contributed by atoms with Crippen molar-refractivity contribution in [3.8, 4) is 0 Å². The molecule has 2 heterocycles. The Labute approximate surface area is 209 Å². The van der Waals surface area contributed by atoms with Crippen LogP contribution in [0.1, 0.15) is 24.8 Å². The number of nitrogens with one attached hydrogen (secondary N) is 3. The normalized spacial score (nSPS) is 27.1. The molecule has 2 saturated heterocycles. The molecule has 2 aliphatic heterocycles. The molecule has 194 valence electrons. The molecule has 3 N–H and O–H groups in total. The number of nitrogens with zero attached hydrogens (tertiary/aromatic N) is 2. The van der Waals surface area contributed by atoms with Crippen LogP contribution in [0.15, 0.2) is 42.0 Å².